The first-order valence-corrected chi connectivity index (χ1v) is 4.99. The molecule has 1 amide bonds. The maximum Gasteiger partial charge on any atom is 0.305 e. The molecule has 1 aliphatic rings. The van der Waals surface area contributed by atoms with E-state index in [1.807, 2.05) is 27.7 Å². The summed E-state index contributed by atoms with van der Waals surface area (Å²) >= 11 is 0. The summed E-state index contributed by atoms with van der Waals surface area (Å²) in [6, 6.07) is -0.374. The van der Waals surface area contributed by atoms with E-state index in [4.69, 9.17) is 0 Å². The highest BCUT2D eigenvalue weighted by Gasteiger charge is 2.44. The summed E-state index contributed by atoms with van der Waals surface area (Å²) in [7, 11) is 0. The van der Waals surface area contributed by atoms with Gasteiger partial charge in [-0.15, -0.1) is 0 Å². The summed E-state index contributed by atoms with van der Waals surface area (Å²) in [5.41, 5.74) is 2.75. The van der Waals surface area contributed by atoms with Crippen molar-refractivity contribution in [3.05, 3.63) is 0 Å². The maximum absolute atomic E-state index is 11.6. The third kappa shape index (κ3) is 1.95. The molecule has 0 aromatic heterocycles. The third-order valence-electron chi connectivity index (χ3n) is 2.32. The average molecular weight is 198 g/mol. The van der Waals surface area contributed by atoms with Crippen LogP contribution in [-0.2, 0) is 9.59 Å². The number of hydrogen-bond donors (Lipinski definition) is 1. The van der Waals surface area contributed by atoms with E-state index >= 15 is 0 Å². The van der Waals surface area contributed by atoms with Crippen LogP contribution in [0.3, 0.4) is 0 Å². The molecular formula is C10H18N2O2. The first kappa shape index (κ1) is 11.2. The molecule has 80 valence electrons. The number of rotatable bonds is 2. The SMILES string of the molecule is CCCN1NC(C(C)(C)C)C(=O)C1=O. The van der Waals surface area contributed by atoms with Crippen molar-refractivity contribution >= 4 is 11.7 Å². The predicted octanol–water partition coefficient (Wildman–Crippen LogP) is 0.727. The number of nitrogens with one attached hydrogen (secondary N) is 1. The zero-order valence-corrected chi connectivity index (χ0v) is 9.26. The number of amides is 1. The second-order valence-electron chi connectivity index (χ2n) is 4.75. The molecule has 1 saturated heterocycles. The van der Waals surface area contributed by atoms with E-state index in [-0.39, 0.29) is 17.2 Å². The summed E-state index contributed by atoms with van der Waals surface area (Å²) < 4.78 is 0. The Hall–Kier alpha value is -0.900. The minimum atomic E-state index is -0.397. The fourth-order valence-corrected chi connectivity index (χ4v) is 1.51. The molecule has 1 rings (SSSR count). The second kappa shape index (κ2) is 3.69. The van der Waals surface area contributed by atoms with Crippen LogP contribution in [0, 0.1) is 5.41 Å². The van der Waals surface area contributed by atoms with Crippen LogP contribution in [0.4, 0.5) is 0 Å². The summed E-state index contributed by atoms with van der Waals surface area (Å²) in [6.45, 7) is 8.42. The van der Waals surface area contributed by atoms with Gasteiger partial charge in [0.1, 0.15) is 0 Å². The van der Waals surface area contributed by atoms with Gasteiger partial charge < -0.3 is 0 Å². The minimum Gasteiger partial charge on any atom is -0.287 e. The van der Waals surface area contributed by atoms with E-state index in [1.165, 1.54) is 5.01 Å². The molecule has 1 heterocycles. The van der Waals surface area contributed by atoms with Gasteiger partial charge in [-0.25, -0.2) is 5.43 Å². The Kier molecular flexibility index (Phi) is 2.95. The van der Waals surface area contributed by atoms with Crippen molar-refractivity contribution < 1.29 is 9.59 Å². The summed E-state index contributed by atoms with van der Waals surface area (Å²) in [4.78, 5) is 23.0. The molecule has 1 N–H and O–H groups in total. The highest BCUT2D eigenvalue weighted by Crippen LogP contribution is 2.24. The lowest BCUT2D eigenvalue weighted by atomic mass is 9.85. The maximum atomic E-state index is 11.6. The number of carbonyl (C=O) groups is 2. The number of hydrazine groups is 1. The zero-order valence-electron chi connectivity index (χ0n) is 9.26. The lowest BCUT2D eigenvalue weighted by Crippen LogP contribution is -2.44. The van der Waals surface area contributed by atoms with E-state index in [0.717, 1.165) is 6.42 Å². The fourth-order valence-electron chi connectivity index (χ4n) is 1.51. The normalized spacial score (nSPS) is 23.4. The van der Waals surface area contributed by atoms with Crippen molar-refractivity contribution in [1.29, 1.82) is 0 Å². The Labute approximate surface area is 84.6 Å². The van der Waals surface area contributed by atoms with Crippen LogP contribution in [0.5, 0.6) is 0 Å². The Bertz CT molecular complexity index is 255. The number of nitrogens with zero attached hydrogens (tertiary/aromatic N) is 1. The predicted molar refractivity (Wildman–Crippen MR) is 53.4 cm³/mol. The smallest absolute Gasteiger partial charge is 0.287 e. The number of Topliss-reactive ketones (excluding diaryl/α,β-unsaturated/α-hetero) is 1. The van der Waals surface area contributed by atoms with Gasteiger partial charge in [0.2, 0.25) is 5.78 Å². The van der Waals surface area contributed by atoms with Crippen molar-refractivity contribution in [3.63, 3.8) is 0 Å². The van der Waals surface area contributed by atoms with Crippen LogP contribution < -0.4 is 5.43 Å². The Morgan fingerprint density at radius 1 is 1.36 bits per heavy atom. The molecule has 0 spiro atoms. The van der Waals surface area contributed by atoms with Crippen molar-refractivity contribution in [2.45, 2.75) is 40.2 Å². The molecule has 1 unspecified atom stereocenters. The van der Waals surface area contributed by atoms with Crippen molar-refractivity contribution in [3.8, 4) is 0 Å². The molecule has 4 heteroatoms. The van der Waals surface area contributed by atoms with Gasteiger partial charge in [0.25, 0.3) is 0 Å². The summed E-state index contributed by atoms with van der Waals surface area (Å²) in [5, 5.41) is 1.43. The average Bonchev–Trinajstić information content (AvgIpc) is 2.32. The molecule has 0 aromatic carbocycles. The number of hydrogen-bond acceptors (Lipinski definition) is 3. The lowest BCUT2D eigenvalue weighted by molar-refractivity contribution is -0.141. The quantitative estimate of drug-likeness (QED) is 0.665. The Balaban J connectivity index is 2.77. The third-order valence-corrected chi connectivity index (χ3v) is 2.32. The molecule has 14 heavy (non-hydrogen) atoms. The van der Waals surface area contributed by atoms with E-state index in [9.17, 15) is 9.59 Å². The molecule has 0 saturated carbocycles. The van der Waals surface area contributed by atoms with Crippen LogP contribution in [0.15, 0.2) is 0 Å². The molecular weight excluding hydrogens is 180 g/mol. The molecule has 1 aliphatic heterocycles. The molecule has 0 bridgehead atoms. The fraction of sp³-hybridized carbons (Fsp3) is 0.800. The molecule has 1 atom stereocenters. The highest BCUT2D eigenvalue weighted by molar-refractivity contribution is 6.39. The monoisotopic (exact) mass is 198 g/mol. The first-order chi connectivity index (χ1) is 6.38. The summed E-state index contributed by atoms with van der Waals surface area (Å²) in [6.07, 6.45) is 0.850. The lowest BCUT2D eigenvalue weighted by Gasteiger charge is -2.25. The zero-order chi connectivity index (χ0) is 10.9. The number of ketones is 1. The molecule has 1 fully saturated rings. The highest BCUT2D eigenvalue weighted by atomic mass is 16.2. The molecule has 0 radical (unpaired) electrons. The minimum absolute atomic E-state index is 0.213. The van der Waals surface area contributed by atoms with Gasteiger partial charge in [0, 0.05) is 6.54 Å². The summed E-state index contributed by atoms with van der Waals surface area (Å²) in [5.74, 6) is -0.710. The van der Waals surface area contributed by atoms with E-state index < -0.39 is 5.91 Å². The standard InChI is InChI=1S/C10H18N2O2/c1-5-6-12-9(14)7(13)8(11-12)10(2,3)4/h8,11H,5-6H2,1-4H3. The van der Waals surface area contributed by atoms with Gasteiger partial charge in [-0.2, -0.15) is 0 Å². The van der Waals surface area contributed by atoms with Gasteiger partial charge in [-0.05, 0) is 11.8 Å². The van der Waals surface area contributed by atoms with Crippen LogP contribution in [0.1, 0.15) is 34.1 Å². The van der Waals surface area contributed by atoms with Gasteiger partial charge >= 0.3 is 5.91 Å². The van der Waals surface area contributed by atoms with E-state index in [1.54, 1.807) is 0 Å². The molecule has 0 aromatic rings. The van der Waals surface area contributed by atoms with Crippen LogP contribution in [0.25, 0.3) is 0 Å². The van der Waals surface area contributed by atoms with E-state index in [2.05, 4.69) is 5.43 Å². The Morgan fingerprint density at radius 2 is 1.93 bits per heavy atom. The van der Waals surface area contributed by atoms with Crippen LogP contribution in [-0.4, -0.2) is 29.3 Å². The van der Waals surface area contributed by atoms with Crippen molar-refractivity contribution in [2.75, 3.05) is 6.54 Å². The Morgan fingerprint density at radius 3 is 2.29 bits per heavy atom. The first-order valence-electron chi connectivity index (χ1n) is 4.99. The van der Waals surface area contributed by atoms with Gasteiger partial charge in [-0.3, -0.25) is 14.6 Å². The number of carbonyl (C=O) groups excluding carboxylic acids is 2. The largest absolute Gasteiger partial charge is 0.305 e. The van der Waals surface area contributed by atoms with Gasteiger partial charge in [-0.1, -0.05) is 27.7 Å². The van der Waals surface area contributed by atoms with Crippen LogP contribution in [0.2, 0.25) is 0 Å². The molecule has 0 aliphatic carbocycles. The van der Waals surface area contributed by atoms with Gasteiger partial charge in [0.05, 0.1) is 6.04 Å². The van der Waals surface area contributed by atoms with Crippen LogP contribution >= 0.6 is 0 Å². The van der Waals surface area contributed by atoms with Gasteiger partial charge in [0.15, 0.2) is 0 Å². The van der Waals surface area contributed by atoms with Crippen molar-refractivity contribution in [2.24, 2.45) is 5.41 Å². The van der Waals surface area contributed by atoms with Crippen molar-refractivity contribution in [1.82, 2.24) is 10.4 Å². The molecule has 4 nitrogen and oxygen atoms in total. The van der Waals surface area contributed by atoms with E-state index in [0.29, 0.717) is 6.54 Å². The topological polar surface area (TPSA) is 49.4 Å². The second-order valence-corrected chi connectivity index (χ2v) is 4.75.